The van der Waals surface area contributed by atoms with Crippen molar-refractivity contribution in [3.63, 3.8) is 0 Å². The van der Waals surface area contributed by atoms with E-state index >= 15 is 0 Å². The summed E-state index contributed by atoms with van der Waals surface area (Å²) in [6, 6.07) is 3.84. The second kappa shape index (κ2) is 9.58. The second-order valence-corrected chi connectivity index (χ2v) is 5.18. The van der Waals surface area contributed by atoms with Gasteiger partial charge >= 0.3 is 11.9 Å². The lowest BCUT2D eigenvalue weighted by molar-refractivity contribution is -0.134. The standard InChI is InChI=1S/C12H18N2O.C4H4O4/c1-13-12(6-7-12)5-3-9-15-11-4-2-8-14-10-11;5-3(6)1-2-4(7)8/h2,4,8,10,13H,3,5-7,9H2,1H3;1-2H,(H,5,6)(H,7,8). The molecular weight excluding hydrogens is 300 g/mol. The summed E-state index contributed by atoms with van der Waals surface area (Å²) in [5, 5.41) is 19.0. The van der Waals surface area contributed by atoms with E-state index in [9.17, 15) is 9.59 Å². The highest BCUT2D eigenvalue weighted by atomic mass is 16.5. The first-order valence-electron chi connectivity index (χ1n) is 7.33. The predicted octanol–water partition coefficient (Wildman–Crippen LogP) is 1.70. The number of nitrogens with zero attached hydrogens (tertiary/aromatic N) is 1. The topological polar surface area (TPSA) is 109 Å². The molecule has 0 amide bonds. The molecule has 1 aliphatic rings. The average molecular weight is 322 g/mol. The molecule has 7 heteroatoms. The lowest BCUT2D eigenvalue weighted by Gasteiger charge is -2.13. The monoisotopic (exact) mass is 322 g/mol. The first-order valence-corrected chi connectivity index (χ1v) is 7.33. The van der Waals surface area contributed by atoms with Gasteiger partial charge in [0.15, 0.2) is 0 Å². The van der Waals surface area contributed by atoms with E-state index in [1.165, 1.54) is 19.3 Å². The summed E-state index contributed by atoms with van der Waals surface area (Å²) in [6.45, 7) is 0.787. The van der Waals surface area contributed by atoms with Crippen LogP contribution in [0, 0.1) is 0 Å². The highest BCUT2D eigenvalue weighted by molar-refractivity contribution is 5.89. The van der Waals surface area contributed by atoms with Gasteiger partial charge in [0.25, 0.3) is 0 Å². The number of aliphatic carboxylic acids is 2. The molecule has 23 heavy (non-hydrogen) atoms. The van der Waals surface area contributed by atoms with Crippen molar-refractivity contribution in [2.45, 2.75) is 31.2 Å². The lowest BCUT2D eigenvalue weighted by Crippen LogP contribution is -2.27. The van der Waals surface area contributed by atoms with E-state index in [4.69, 9.17) is 14.9 Å². The van der Waals surface area contributed by atoms with Crippen LogP contribution in [0.1, 0.15) is 25.7 Å². The van der Waals surface area contributed by atoms with E-state index < -0.39 is 11.9 Å². The number of carboxylic acids is 2. The van der Waals surface area contributed by atoms with Gasteiger partial charge in [-0.15, -0.1) is 0 Å². The number of carbonyl (C=O) groups is 2. The van der Waals surface area contributed by atoms with Crippen molar-refractivity contribution in [3.8, 4) is 5.75 Å². The van der Waals surface area contributed by atoms with E-state index in [2.05, 4.69) is 17.3 Å². The molecule has 7 nitrogen and oxygen atoms in total. The molecule has 0 bridgehead atoms. The smallest absolute Gasteiger partial charge is 0.328 e. The van der Waals surface area contributed by atoms with Crippen LogP contribution >= 0.6 is 0 Å². The minimum absolute atomic E-state index is 0.443. The largest absolute Gasteiger partial charge is 0.492 e. The summed E-state index contributed by atoms with van der Waals surface area (Å²) in [6.07, 6.45) is 9.58. The SMILES string of the molecule is CNC1(CCCOc2cccnc2)CC1.O=C(O)C=CC(=O)O. The van der Waals surface area contributed by atoms with Crippen LogP contribution < -0.4 is 10.1 Å². The number of pyridine rings is 1. The Morgan fingerprint density at radius 1 is 1.35 bits per heavy atom. The molecule has 0 radical (unpaired) electrons. The minimum Gasteiger partial charge on any atom is -0.492 e. The Hall–Kier alpha value is -2.41. The highest BCUT2D eigenvalue weighted by Gasteiger charge is 2.39. The number of hydrogen-bond acceptors (Lipinski definition) is 5. The Labute approximate surface area is 135 Å². The van der Waals surface area contributed by atoms with Crippen molar-refractivity contribution < 1.29 is 24.5 Å². The second-order valence-electron chi connectivity index (χ2n) is 5.18. The molecular formula is C16H22N2O5. The maximum atomic E-state index is 9.55. The molecule has 3 N–H and O–H groups in total. The van der Waals surface area contributed by atoms with E-state index in [0.29, 0.717) is 17.7 Å². The predicted molar refractivity (Wildman–Crippen MR) is 84.4 cm³/mol. The minimum atomic E-state index is -1.26. The first-order chi connectivity index (χ1) is 11.0. The van der Waals surface area contributed by atoms with Gasteiger partial charge in [-0.3, -0.25) is 4.98 Å². The Bertz CT molecular complexity index is 511. The zero-order chi connectivity index (χ0) is 17.1. The van der Waals surface area contributed by atoms with Crippen molar-refractivity contribution in [3.05, 3.63) is 36.7 Å². The van der Waals surface area contributed by atoms with E-state index in [1.54, 1.807) is 12.4 Å². The molecule has 0 spiro atoms. The Morgan fingerprint density at radius 2 is 2.00 bits per heavy atom. The fourth-order valence-corrected chi connectivity index (χ4v) is 1.95. The molecule has 0 aromatic carbocycles. The van der Waals surface area contributed by atoms with Crippen molar-refractivity contribution in [2.75, 3.05) is 13.7 Å². The van der Waals surface area contributed by atoms with Crippen LogP contribution in [0.4, 0.5) is 0 Å². The van der Waals surface area contributed by atoms with E-state index in [0.717, 1.165) is 18.8 Å². The van der Waals surface area contributed by atoms with E-state index in [1.807, 2.05) is 12.1 Å². The van der Waals surface area contributed by atoms with Gasteiger partial charge in [0.1, 0.15) is 5.75 Å². The molecule has 1 aromatic heterocycles. The van der Waals surface area contributed by atoms with Gasteiger partial charge in [0, 0.05) is 23.9 Å². The fraction of sp³-hybridized carbons (Fsp3) is 0.438. The molecule has 0 aliphatic heterocycles. The first kappa shape index (κ1) is 18.6. The Balaban J connectivity index is 0.000000284. The van der Waals surface area contributed by atoms with Gasteiger partial charge in [-0.2, -0.15) is 0 Å². The van der Waals surface area contributed by atoms with Crippen LogP contribution in [-0.4, -0.2) is 46.3 Å². The van der Waals surface area contributed by atoms with Crippen molar-refractivity contribution in [1.29, 1.82) is 0 Å². The Morgan fingerprint density at radius 3 is 2.43 bits per heavy atom. The summed E-state index contributed by atoms with van der Waals surface area (Å²) in [7, 11) is 2.05. The number of aromatic nitrogens is 1. The van der Waals surface area contributed by atoms with Gasteiger partial charge < -0.3 is 20.3 Å². The molecule has 126 valence electrons. The van der Waals surface area contributed by atoms with E-state index in [-0.39, 0.29) is 0 Å². The molecule has 1 saturated carbocycles. The lowest BCUT2D eigenvalue weighted by atomic mass is 10.1. The van der Waals surface area contributed by atoms with Crippen molar-refractivity contribution in [2.24, 2.45) is 0 Å². The number of rotatable bonds is 8. The van der Waals surface area contributed by atoms with Gasteiger partial charge in [0.05, 0.1) is 12.8 Å². The number of carboxylic acid groups (broad SMARTS) is 2. The van der Waals surface area contributed by atoms with Crippen LogP contribution in [0.5, 0.6) is 5.75 Å². The Kier molecular flexibility index (Phi) is 7.76. The normalized spacial score (nSPS) is 14.7. The zero-order valence-corrected chi connectivity index (χ0v) is 13.1. The molecule has 1 fully saturated rings. The fourth-order valence-electron chi connectivity index (χ4n) is 1.95. The number of nitrogens with one attached hydrogen (secondary N) is 1. The summed E-state index contributed by atoms with van der Waals surface area (Å²) >= 11 is 0. The molecule has 2 rings (SSSR count). The molecule has 1 aromatic rings. The van der Waals surface area contributed by atoms with Gasteiger partial charge in [-0.25, -0.2) is 9.59 Å². The molecule has 0 unspecified atom stereocenters. The third kappa shape index (κ3) is 8.57. The van der Waals surface area contributed by atoms with Crippen molar-refractivity contribution in [1.82, 2.24) is 10.3 Å². The van der Waals surface area contributed by atoms with Gasteiger partial charge in [-0.1, -0.05) is 0 Å². The van der Waals surface area contributed by atoms with Gasteiger partial charge in [0.2, 0.25) is 0 Å². The summed E-state index contributed by atoms with van der Waals surface area (Å²) in [5.41, 5.74) is 0.443. The van der Waals surface area contributed by atoms with Crippen LogP contribution in [0.25, 0.3) is 0 Å². The van der Waals surface area contributed by atoms with Gasteiger partial charge in [-0.05, 0) is 44.9 Å². The van der Waals surface area contributed by atoms with Crippen LogP contribution in [-0.2, 0) is 9.59 Å². The highest BCUT2D eigenvalue weighted by Crippen LogP contribution is 2.38. The van der Waals surface area contributed by atoms with Crippen LogP contribution in [0.3, 0.4) is 0 Å². The quantitative estimate of drug-likeness (QED) is 0.494. The third-order valence-corrected chi connectivity index (χ3v) is 3.46. The summed E-state index contributed by atoms with van der Waals surface area (Å²) < 4.78 is 5.58. The molecule has 0 saturated heterocycles. The molecule has 1 aliphatic carbocycles. The molecule has 1 heterocycles. The maximum Gasteiger partial charge on any atom is 0.328 e. The maximum absolute atomic E-state index is 9.55. The van der Waals surface area contributed by atoms with Crippen LogP contribution in [0.2, 0.25) is 0 Å². The summed E-state index contributed by atoms with van der Waals surface area (Å²) in [5.74, 6) is -1.65. The zero-order valence-electron chi connectivity index (χ0n) is 13.1. The number of ether oxygens (including phenoxy) is 1. The molecule has 0 atom stereocenters. The van der Waals surface area contributed by atoms with Crippen LogP contribution in [0.15, 0.2) is 36.7 Å². The number of hydrogen-bond donors (Lipinski definition) is 3. The van der Waals surface area contributed by atoms with Crippen molar-refractivity contribution >= 4 is 11.9 Å². The third-order valence-electron chi connectivity index (χ3n) is 3.46. The average Bonchev–Trinajstić information content (AvgIpc) is 3.32. The summed E-state index contributed by atoms with van der Waals surface area (Å²) in [4.78, 5) is 23.1.